The molecule has 5 rings (SSSR count). The molecule has 2 aliphatic heterocycles. The van der Waals surface area contributed by atoms with Gasteiger partial charge in [0.15, 0.2) is 23.6 Å². The fourth-order valence-electron chi connectivity index (χ4n) is 4.33. The largest absolute Gasteiger partial charge is 0.472 e. The number of phosphoric ester groups is 1. The van der Waals surface area contributed by atoms with E-state index in [-0.39, 0.29) is 23.1 Å². The van der Waals surface area contributed by atoms with Gasteiger partial charge >= 0.3 is 13.5 Å². The Labute approximate surface area is 221 Å². The third kappa shape index (κ3) is 5.10. The van der Waals surface area contributed by atoms with Gasteiger partial charge in [-0.05, 0) is 0 Å². The summed E-state index contributed by atoms with van der Waals surface area (Å²) in [5, 5.41) is 41.2. The van der Waals surface area contributed by atoms with Crippen LogP contribution in [-0.2, 0) is 23.1 Å². The number of phosphoric acid groups is 1. The van der Waals surface area contributed by atoms with Crippen molar-refractivity contribution in [3.63, 3.8) is 0 Å². The van der Waals surface area contributed by atoms with E-state index in [1.54, 1.807) is 0 Å². The molecule has 218 valence electrons. The second-order valence-corrected chi connectivity index (χ2v) is 10.2. The zero-order valence-corrected chi connectivity index (χ0v) is 21.0. The normalized spacial score (nSPS) is 32.0. The summed E-state index contributed by atoms with van der Waals surface area (Å²) in [5.41, 5.74) is 9.11. The average molecular weight is 589 g/mol. The lowest BCUT2D eigenvalue weighted by atomic mass is 10.1. The lowest BCUT2D eigenvalue weighted by molar-refractivity contribution is -0.0613. The van der Waals surface area contributed by atoms with E-state index >= 15 is 0 Å². The second-order valence-electron chi connectivity index (χ2n) is 8.80. The van der Waals surface area contributed by atoms with Crippen molar-refractivity contribution in [1.82, 2.24) is 34.1 Å². The number of H-pyrrole nitrogens is 1. The quantitative estimate of drug-likeness (QED) is 0.114. The van der Waals surface area contributed by atoms with Gasteiger partial charge in [0.1, 0.15) is 43.0 Å². The van der Waals surface area contributed by atoms with E-state index in [9.17, 15) is 39.5 Å². The summed E-state index contributed by atoms with van der Waals surface area (Å²) in [7, 11) is -5.05. The van der Waals surface area contributed by atoms with E-state index in [1.807, 2.05) is 0 Å². The summed E-state index contributed by atoms with van der Waals surface area (Å²) in [6.07, 6.45) is -10.3. The topological polar surface area (TPSA) is 319 Å². The lowest BCUT2D eigenvalue weighted by Crippen LogP contribution is -2.37. The zero-order valence-electron chi connectivity index (χ0n) is 20.1. The van der Waals surface area contributed by atoms with Gasteiger partial charge in [-0.3, -0.25) is 28.0 Å². The number of aromatic nitrogens is 7. The van der Waals surface area contributed by atoms with Crippen LogP contribution in [0.15, 0.2) is 22.2 Å². The molecule has 9 atom stereocenters. The Bertz CT molecular complexity index is 1560. The number of anilines is 2. The Kier molecular flexibility index (Phi) is 7.43. The molecule has 2 fully saturated rings. The van der Waals surface area contributed by atoms with Crippen molar-refractivity contribution < 1.29 is 48.4 Å². The van der Waals surface area contributed by atoms with Gasteiger partial charge in [0.25, 0.3) is 5.56 Å². The van der Waals surface area contributed by atoms with Crippen molar-refractivity contribution in [3.05, 3.63) is 33.5 Å². The van der Waals surface area contributed by atoms with Crippen LogP contribution >= 0.6 is 7.82 Å². The van der Waals surface area contributed by atoms with Crippen LogP contribution in [0.3, 0.4) is 0 Å². The molecule has 0 aliphatic carbocycles. The predicted molar refractivity (Wildman–Crippen MR) is 127 cm³/mol. The molecular formula is C18H24N9O12P. The summed E-state index contributed by atoms with van der Waals surface area (Å²) >= 11 is 0. The Balaban J connectivity index is 1.28. The summed E-state index contributed by atoms with van der Waals surface area (Å²) in [6.45, 7) is -1.58. The summed E-state index contributed by atoms with van der Waals surface area (Å²) in [6, 6.07) is 0. The van der Waals surface area contributed by atoms with Crippen LogP contribution in [0.1, 0.15) is 12.5 Å². The van der Waals surface area contributed by atoms with E-state index in [0.29, 0.717) is 0 Å². The number of imidazole rings is 1. The van der Waals surface area contributed by atoms with Gasteiger partial charge in [0.05, 0.1) is 19.5 Å². The van der Waals surface area contributed by atoms with E-state index in [4.69, 9.17) is 30.0 Å². The minimum absolute atomic E-state index is 0.0721. The van der Waals surface area contributed by atoms with E-state index < -0.39 is 81.4 Å². The van der Waals surface area contributed by atoms with Crippen LogP contribution in [0.4, 0.5) is 11.9 Å². The number of nitrogens with two attached hydrogens (primary N) is 2. The number of nitrogens with zero attached hydrogens (tertiary/aromatic N) is 6. The van der Waals surface area contributed by atoms with Crippen LogP contribution in [0, 0.1) is 0 Å². The number of hydrogen-bond acceptors (Lipinski definition) is 17. The maximum atomic E-state index is 12.7. The Morgan fingerprint density at radius 2 is 1.68 bits per heavy atom. The molecule has 10 N–H and O–H groups in total. The van der Waals surface area contributed by atoms with Crippen molar-refractivity contribution in [2.45, 2.75) is 49.1 Å². The Morgan fingerprint density at radius 3 is 2.38 bits per heavy atom. The SMILES string of the molecule is Nc1ncn([C@@H]2O[C@H](COP(=O)(O)OC3C(O)[C@H](n4cnc5c(=O)[nH]c(N)nc54)O[C@@H]3CO)C(O)C2O)c(=O)n1. The third-order valence-electron chi connectivity index (χ3n) is 6.23. The molecule has 21 nitrogen and oxygen atoms in total. The minimum atomic E-state index is -5.05. The first-order chi connectivity index (χ1) is 18.9. The summed E-state index contributed by atoms with van der Waals surface area (Å²) in [5.74, 6) is -0.576. The monoisotopic (exact) mass is 589 g/mol. The van der Waals surface area contributed by atoms with E-state index in [2.05, 4.69) is 24.9 Å². The molecule has 0 aromatic carbocycles. The highest BCUT2D eigenvalue weighted by Crippen LogP contribution is 2.49. The molecule has 22 heteroatoms. The van der Waals surface area contributed by atoms with E-state index in [1.165, 1.54) is 0 Å². The first-order valence-electron chi connectivity index (χ1n) is 11.4. The first kappa shape index (κ1) is 28.2. The van der Waals surface area contributed by atoms with Crippen molar-refractivity contribution in [1.29, 1.82) is 0 Å². The molecule has 3 aromatic rings. The van der Waals surface area contributed by atoms with Crippen LogP contribution in [0.2, 0.25) is 0 Å². The van der Waals surface area contributed by atoms with Gasteiger partial charge in [0, 0.05) is 0 Å². The first-order valence-corrected chi connectivity index (χ1v) is 12.9. The molecule has 5 unspecified atom stereocenters. The molecular weight excluding hydrogens is 565 g/mol. The van der Waals surface area contributed by atoms with Crippen molar-refractivity contribution in [3.8, 4) is 0 Å². The van der Waals surface area contributed by atoms with Gasteiger partial charge < -0.3 is 46.3 Å². The van der Waals surface area contributed by atoms with Crippen LogP contribution < -0.4 is 22.7 Å². The highest BCUT2D eigenvalue weighted by Gasteiger charge is 2.50. The molecule has 2 saturated heterocycles. The number of aliphatic hydroxyl groups excluding tert-OH is 4. The highest BCUT2D eigenvalue weighted by atomic mass is 31.2. The van der Waals surface area contributed by atoms with Crippen LogP contribution in [0.5, 0.6) is 0 Å². The minimum Gasteiger partial charge on any atom is -0.394 e. The van der Waals surface area contributed by atoms with Crippen molar-refractivity contribution in [2.24, 2.45) is 0 Å². The second kappa shape index (κ2) is 10.6. The number of nitrogens with one attached hydrogen (secondary N) is 1. The van der Waals surface area contributed by atoms with Crippen LogP contribution in [0.25, 0.3) is 11.2 Å². The molecule has 2 aliphatic rings. The number of nitrogen functional groups attached to an aromatic ring is 2. The summed E-state index contributed by atoms with van der Waals surface area (Å²) in [4.78, 5) is 51.5. The van der Waals surface area contributed by atoms with Gasteiger partial charge in [-0.25, -0.2) is 19.3 Å². The highest BCUT2D eigenvalue weighted by molar-refractivity contribution is 7.47. The smallest absolute Gasteiger partial charge is 0.394 e. The molecule has 3 aromatic heterocycles. The Morgan fingerprint density at radius 1 is 1.00 bits per heavy atom. The van der Waals surface area contributed by atoms with E-state index in [0.717, 1.165) is 21.8 Å². The van der Waals surface area contributed by atoms with Crippen molar-refractivity contribution >= 4 is 30.9 Å². The van der Waals surface area contributed by atoms with Gasteiger partial charge in [-0.15, -0.1) is 0 Å². The van der Waals surface area contributed by atoms with Gasteiger partial charge in [-0.1, -0.05) is 0 Å². The fourth-order valence-corrected chi connectivity index (χ4v) is 5.30. The maximum absolute atomic E-state index is 12.7. The molecule has 0 spiro atoms. The van der Waals surface area contributed by atoms with Gasteiger partial charge in [-0.2, -0.15) is 9.97 Å². The number of aliphatic hydroxyl groups is 4. The molecule has 5 heterocycles. The third-order valence-corrected chi connectivity index (χ3v) is 7.21. The molecule has 0 saturated carbocycles. The maximum Gasteiger partial charge on any atom is 0.472 e. The standard InChI is InChI=1S/C18H24N9O12P/c19-16-22-4-27(18(33)25-16)14-9(30)8(29)6(38-14)2-36-40(34,35)39-11-5(1-28)37-15(10(11)31)26-3-21-7-12(26)23-17(20)24-13(7)32/h3-6,8-11,14-15,28-31H,1-2H2,(H,34,35)(H2,19,25,33)(H3,20,23,24,32)/t5-,6-,8?,9?,10?,11?,14-,15-/m1/s1. The number of rotatable bonds is 8. The lowest BCUT2D eigenvalue weighted by Gasteiger charge is -2.23. The molecule has 0 bridgehead atoms. The molecule has 40 heavy (non-hydrogen) atoms. The van der Waals surface area contributed by atoms with Crippen molar-refractivity contribution in [2.75, 3.05) is 24.7 Å². The van der Waals surface area contributed by atoms with Crippen LogP contribution in [-0.4, -0.2) is 109 Å². The average Bonchev–Trinajstić information content (AvgIpc) is 3.53. The number of hydrogen-bond donors (Lipinski definition) is 8. The van der Waals surface area contributed by atoms with Gasteiger partial charge in [0.2, 0.25) is 11.9 Å². The number of aromatic amines is 1. The Hall–Kier alpha value is -3.37. The molecule has 0 radical (unpaired) electrons. The number of fused-ring (bicyclic) bond motifs is 1. The molecule has 0 amide bonds. The number of ether oxygens (including phenoxy) is 2. The summed E-state index contributed by atoms with van der Waals surface area (Å²) < 4.78 is 35.6. The fraction of sp³-hybridized carbons (Fsp3) is 0.556. The zero-order chi connectivity index (χ0) is 28.9. The predicted octanol–water partition coefficient (Wildman–Crippen LogP) is -4.69.